The third-order valence-electron chi connectivity index (χ3n) is 7.21. The molecule has 1 saturated carbocycles. The maximum Gasteiger partial charge on any atom is 0.420 e. The van der Waals surface area contributed by atoms with Crippen LogP contribution in [0, 0.1) is 5.92 Å². The van der Waals surface area contributed by atoms with Crippen molar-refractivity contribution >= 4 is 45.9 Å². The lowest BCUT2D eigenvalue weighted by atomic mass is 10.1. The van der Waals surface area contributed by atoms with Gasteiger partial charge in [0, 0.05) is 29.4 Å². The highest BCUT2D eigenvalue weighted by Crippen LogP contribution is 2.42. The van der Waals surface area contributed by atoms with E-state index in [1.54, 1.807) is 23.1 Å². The second-order valence-corrected chi connectivity index (χ2v) is 11.9. The number of nitrogens with zero attached hydrogens (tertiary/aromatic N) is 5. The van der Waals surface area contributed by atoms with Crippen LogP contribution in [0.2, 0.25) is 0 Å². The molecule has 0 bridgehead atoms. The summed E-state index contributed by atoms with van der Waals surface area (Å²) in [7, 11) is 1.17. The fourth-order valence-electron chi connectivity index (χ4n) is 4.82. The van der Waals surface area contributed by atoms with E-state index in [4.69, 9.17) is 4.74 Å². The van der Waals surface area contributed by atoms with Crippen LogP contribution in [0.1, 0.15) is 30.9 Å². The zero-order valence-electron chi connectivity index (χ0n) is 24.3. The molecule has 1 aliphatic rings. The lowest BCUT2D eigenvalue weighted by Gasteiger charge is -2.17. The van der Waals surface area contributed by atoms with Crippen molar-refractivity contribution in [2.75, 3.05) is 28.2 Å². The van der Waals surface area contributed by atoms with Gasteiger partial charge in [0.15, 0.2) is 11.6 Å². The van der Waals surface area contributed by atoms with Crippen LogP contribution >= 0.6 is 0 Å². The van der Waals surface area contributed by atoms with Gasteiger partial charge < -0.3 is 14.6 Å². The lowest BCUT2D eigenvalue weighted by Crippen LogP contribution is -2.17. The summed E-state index contributed by atoms with van der Waals surface area (Å²) in [4.78, 5) is 17.0. The van der Waals surface area contributed by atoms with Crippen LogP contribution in [0.15, 0.2) is 67.1 Å². The molecule has 1 unspecified atom stereocenters. The van der Waals surface area contributed by atoms with Gasteiger partial charge in [-0.15, -0.1) is 5.10 Å². The number of halogens is 3. The maximum absolute atomic E-state index is 13.8. The topological polar surface area (TPSA) is 133 Å². The quantitative estimate of drug-likeness (QED) is 0.153. The molecule has 0 aliphatic heterocycles. The molecule has 3 aromatic heterocycles. The molecular weight excluding hydrogens is 609 g/mol. The Morgan fingerprint density at radius 3 is 2.62 bits per heavy atom. The van der Waals surface area contributed by atoms with Gasteiger partial charge in [-0.25, -0.2) is 9.24 Å². The fourth-order valence-corrected chi connectivity index (χ4v) is 5.36. The molecule has 1 fully saturated rings. The molecule has 5 aromatic rings. The number of carbonyl (C=O) groups excluding carboxylic acids is 1. The first-order chi connectivity index (χ1) is 21.6. The summed E-state index contributed by atoms with van der Waals surface area (Å²) in [6.45, 7) is 2.30. The molecule has 3 N–H and O–H groups in total. The van der Waals surface area contributed by atoms with Crippen LogP contribution < -0.4 is 20.1 Å². The van der Waals surface area contributed by atoms with Gasteiger partial charge in [0.1, 0.15) is 11.3 Å². The Kier molecular flexibility index (Phi) is 8.29. The number of ether oxygens (including phenoxy) is 1. The summed E-state index contributed by atoms with van der Waals surface area (Å²) in [5.41, 5.74) is 2.65. The number of methoxy groups -OCH3 is 1. The van der Waals surface area contributed by atoms with Crippen LogP contribution in [-0.2, 0) is 28.9 Å². The number of hydrogen-bond donors (Lipinski definition) is 3. The fraction of sp³-hybridized carbons (Fsp3) is 0.267. The van der Waals surface area contributed by atoms with Crippen molar-refractivity contribution in [2.24, 2.45) is 5.92 Å². The molecule has 15 heteroatoms. The Balaban J connectivity index is 1.34. The first-order valence-electron chi connectivity index (χ1n) is 14.1. The standard InChI is InChI=1S/C30H29F3N8O3S/c1-3-45(43)39-21-11-7-18(8-12-21)16-40-17-20(15-34-40)22-13-14-41-25(22)27(36-29(38-41)37-28(42)19-9-10-19)35-24-6-4-5-23(26(24)44-2)30(31,32)33/h4-8,11-15,17,19,39H,3,9-10,16H2,1-2H3,(H2,35,36,37,38,42). The number of fused-ring (bicyclic) bond motifs is 1. The maximum atomic E-state index is 13.8. The predicted molar refractivity (Wildman–Crippen MR) is 165 cm³/mol. The normalized spacial score (nSPS) is 13.9. The number of nitrogens with one attached hydrogen (secondary N) is 3. The van der Waals surface area contributed by atoms with Crippen molar-refractivity contribution in [1.82, 2.24) is 24.4 Å². The second kappa shape index (κ2) is 12.3. The van der Waals surface area contributed by atoms with Gasteiger partial charge in [0.25, 0.3) is 0 Å². The van der Waals surface area contributed by atoms with Crippen LogP contribution in [0.5, 0.6) is 5.75 Å². The molecule has 234 valence electrons. The van der Waals surface area contributed by atoms with Gasteiger partial charge in [-0.1, -0.05) is 18.2 Å². The average Bonchev–Trinajstić information content (AvgIpc) is 3.63. The number of hydrogen-bond acceptors (Lipinski definition) is 8. The van der Waals surface area contributed by atoms with E-state index >= 15 is 0 Å². The van der Waals surface area contributed by atoms with E-state index in [1.807, 2.05) is 37.4 Å². The van der Waals surface area contributed by atoms with E-state index in [1.165, 1.54) is 23.8 Å². The van der Waals surface area contributed by atoms with Crippen molar-refractivity contribution in [3.05, 3.63) is 78.2 Å². The van der Waals surface area contributed by atoms with Crippen LogP contribution in [-0.4, -0.2) is 47.7 Å². The molecule has 45 heavy (non-hydrogen) atoms. The van der Waals surface area contributed by atoms with Gasteiger partial charge >= 0.3 is 6.18 Å². The highest BCUT2D eigenvalue weighted by Gasteiger charge is 2.35. The summed E-state index contributed by atoms with van der Waals surface area (Å²) in [6.07, 6.45) is 2.10. The van der Waals surface area contributed by atoms with Gasteiger partial charge in [0.2, 0.25) is 11.9 Å². The number of carbonyl (C=O) groups is 1. The zero-order chi connectivity index (χ0) is 31.7. The molecule has 0 spiro atoms. The van der Waals surface area contributed by atoms with E-state index in [9.17, 15) is 22.5 Å². The first kappa shape index (κ1) is 30.3. The Bertz CT molecular complexity index is 1840. The lowest BCUT2D eigenvalue weighted by molar-refractivity contribution is -0.138. The monoisotopic (exact) mass is 638 g/mol. The number of amides is 1. The minimum Gasteiger partial charge on any atom is -0.593 e. The van der Waals surface area contributed by atoms with Crippen LogP contribution in [0.25, 0.3) is 16.6 Å². The third kappa shape index (κ3) is 6.68. The minimum atomic E-state index is -4.65. The third-order valence-corrected chi connectivity index (χ3v) is 8.20. The minimum absolute atomic E-state index is 0.00592. The van der Waals surface area contributed by atoms with Crippen molar-refractivity contribution in [2.45, 2.75) is 32.5 Å². The highest BCUT2D eigenvalue weighted by atomic mass is 32.2. The number of aromatic nitrogens is 5. The summed E-state index contributed by atoms with van der Waals surface area (Å²) in [5.74, 6) is -0.0522. The van der Waals surface area contributed by atoms with E-state index in [0.29, 0.717) is 28.9 Å². The Morgan fingerprint density at radius 1 is 1.16 bits per heavy atom. The summed E-state index contributed by atoms with van der Waals surface area (Å²) >= 11 is -1.14. The zero-order valence-corrected chi connectivity index (χ0v) is 25.1. The number of alkyl halides is 3. The van der Waals surface area contributed by atoms with Crippen molar-refractivity contribution < 1.29 is 27.3 Å². The molecule has 1 amide bonds. The van der Waals surface area contributed by atoms with E-state index in [-0.39, 0.29) is 29.3 Å². The molecule has 11 nitrogen and oxygen atoms in total. The highest BCUT2D eigenvalue weighted by molar-refractivity contribution is 7.92. The Labute approximate surface area is 259 Å². The van der Waals surface area contributed by atoms with E-state index < -0.39 is 28.9 Å². The number of anilines is 4. The van der Waals surface area contributed by atoms with Crippen LogP contribution in [0.4, 0.5) is 36.3 Å². The largest absolute Gasteiger partial charge is 0.593 e. The van der Waals surface area contributed by atoms with Crippen molar-refractivity contribution in [1.29, 1.82) is 0 Å². The second-order valence-electron chi connectivity index (χ2n) is 10.4. The smallest absolute Gasteiger partial charge is 0.420 e. The van der Waals surface area contributed by atoms with Crippen LogP contribution in [0.3, 0.4) is 0 Å². The SMILES string of the molecule is CC[S+]([O-])Nc1ccc(Cn2cc(-c3ccn4nc(NC(=O)C5CC5)nc(Nc5cccc(C(F)(F)F)c5OC)c34)cn2)cc1. The van der Waals surface area contributed by atoms with Crippen molar-refractivity contribution in [3.8, 4) is 16.9 Å². The predicted octanol–water partition coefficient (Wildman–Crippen LogP) is 5.86. The molecule has 0 radical (unpaired) electrons. The van der Waals surface area contributed by atoms with Crippen molar-refractivity contribution in [3.63, 3.8) is 0 Å². The number of benzene rings is 2. The molecule has 1 atom stereocenters. The van der Waals surface area contributed by atoms with E-state index in [2.05, 4.69) is 30.5 Å². The average molecular weight is 639 g/mol. The molecule has 0 saturated heterocycles. The van der Waals surface area contributed by atoms with Gasteiger partial charge in [-0.3, -0.25) is 14.8 Å². The number of para-hydroxylation sites is 1. The van der Waals surface area contributed by atoms with E-state index in [0.717, 1.165) is 30.2 Å². The molecular formula is C30H29F3N8O3S. The molecule has 6 rings (SSSR count). The molecule has 3 heterocycles. The molecule has 2 aromatic carbocycles. The number of rotatable bonds is 11. The summed E-state index contributed by atoms with van der Waals surface area (Å²) in [5, 5.41) is 14.7. The molecule has 1 aliphatic carbocycles. The summed E-state index contributed by atoms with van der Waals surface area (Å²) < 4.78 is 64.4. The first-order valence-corrected chi connectivity index (χ1v) is 15.4. The van der Waals surface area contributed by atoms with Gasteiger partial charge in [-0.05, 0) is 55.7 Å². The Hall–Kier alpha value is -4.76. The Morgan fingerprint density at radius 2 is 1.93 bits per heavy atom. The van der Waals surface area contributed by atoms with Gasteiger partial charge in [-0.2, -0.15) is 23.3 Å². The summed E-state index contributed by atoms with van der Waals surface area (Å²) in [6, 6.07) is 13.0. The van der Waals surface area contributed by atoms with Gasteiger partial charge in [0.05, 0.1) is 48.2 Å².